The van der Waals surface area contributed by atoms with Crippen LogP contribution in [0, 0.1) is 62.1 Å². The van der Waals surface area contributed by atoms with Gasteiger partial charge in [-0.05, 0) is 84.9 Å². The molecule has 0 radical (unpaired) electrons. The van der Waals surface area contributed by atoms with Gasteiger partial charge in [0.25, 0.3) is 5.91 Å². The van der Waals surface area contributed by atoms with Crippen LogP contribution in [0.4, 0.5) is 0 Å². The van der Waals surface area contributed by atoms with Crippen LogP contribution in [0.2, 0.25) is 0 Å². The summed E-state index contributed by atoms with van der Waals surface area (Å²) in [5.41, 5.74) is 5.28. The van der Waals surface area contributed by atoms with Gasteiger partial charge >= 0.3 is 0 Å². The molecule has 0 heterocycles. The number of aliphatic hydroxyl groups is 2. The molecule has 41 heavy (non-hydrogen) atoms. The summed E-state index contributed by atoms with van der Waals surface area (Å²) < 4.78 is 4.91. The predicted molar refractivity (Wildman–Crippen MR) is 154 cm³/mol. The Morgan fingerprint density at radius 1 is 1.05 bits per heavy atom. The van der Waals surface area contributed by atoms with E-state index in [9.17, 15) is 25.1 Å². The van der Waals surface area contributed by atoms with Crippen LogP contribution in [0.3, 0.4) is 0 Å². The number of rotatable bonds is 3. The molecule has 4 unspecified atom stereocenters. The Balaban J connectivity index is 1.59. The van der Waals surface area contributed by atoms with E-state index in [4.69, 9.17) is 4.74 Å². The van der Waals surface area contributed by atoms with Crippen LogP contribution in [0.1, 0.15) is 86.5 Å². The van der Waals surface area contributed by atoms with E-state index >= 15 is 0 Å². The number of aliphatic hydroxyl groups excluding tert-OH is 2. The lowest BCUT2D eigenvalue weighted by molar-refractivity contribution is -0.191. The summed E-state index contributed by atoms with van der Waals surface area (Å²) in [5.74, 6) is -0.621. The van der Waals surface area contributed by atoms with Crippen LogP contribution in [-0.2, 0) is 14.3 Å². The van der Waals surface area contributed by atoms with Crippen LogP contribution >= 0.6 is 0 Å². The number of hydrogen-bond donors (Lipinski definition) is 4. The van der Waals surface area contributed by atoms with Gasteiger partial charge in [-0.25, -0.2) is 0 Å². The van der Waals surface area contributed by atoms with Crippen LogP contribution in [0.25, 0.3) is 0 Å². The number of amides is 2. The molecule has 0 aliphatic heterocycles. The van der Waals surface area contributed by atoms with Gasteiger partial charge in [0.2, 0.25) is 5.91 Å². The second-order valence-corrected chi connectivity index (χ2v) is 15.4. The second kappa shape index (κ2) is 9.92. The van der Waals surface area contributed by atoms with Crippen molar-refractivity contribution in [3.8, 4) is 6.07 Å². The quantitative estimate of drug-likeness (QED) is 0.299. The van der Waals surface area contributed by atoms with Crippen molar-refractivity contribution in [2.24, 2.45) is 50.7 Å². The molecule has 0 saturated heterocycles. The first-order valence-electron chi connectivity index (χ1n) is 15.4. The summed E-state index contributed by atoms with van der Waals surface area (Å²) in [6, 6.07) is 2.26. The maximum Gasteiger partial charge on any atom is 0.264 e. The number of nitriles is 1. The van der Waals surface area contributed by atoms with Crippen molar-refractivity contribution in [3.63, 3.8) is 0 Å². The molecule has 8 nitrogen and oxygen atoms in total. The summed E-state index contributed by atoms with van der Waals surface area (Å²) >= 11 is 0. The molecule has 0 aromatic rings. The number of nitrogens with zero attached hydrogens (tertiary/aromatic N) is 1. The minimum Gasteiger partial charge on any atom is -0.389 e. The summed E-state index contributed by atoms with van der Waals surface area (Å²) in [5, 5.41) is 32.9. The van der Waals surface area contributed by atoms with Crippen molar-refractivity contribution < 1.29 is 24.5 Å². The van der Waals surface area contributed by atoms with Crippen LogP contribution in [-0.4, -0.2) is 48.0 Å². The largest absolute Gasteiger partial charge is 0.389 e. The second-order valence-electron chi connectivity index (χ2n) is 15.4. The highest BCUT2D eigenvalue weighted by Gasteiger charge is 2.69. The van der Waals surface area contributed by atoms with Gasteiger partial charge in [0.15, 0.2) is 0 Å². The SMILES string of the molecule is COCC(=O)NNC(=O)[C@]12CCC(C)(C)CC1C1C(O)C=C3[C@@]4(C)C=C(C#N)C(O)[C@@H](C)[C@@H]4CC[C@@]3(C)[C@]1(C)CC2. The molecule has 0 aromatic heterocycles. The van der Waals surface area contributed by atoms with Gasteiger partial charge in [0.1, 0.15) is 6.61 Å². The van der Waals surface area contributed by atoms with Crippen LogP contribution in [0.15, 0.2) is 23.3 Å². The Hall–Kier alpha value is -2.21. The van der Waals surface area contributed by atoms with Gasteiger partial charge in [0, 0.05) is 12.5 Å². The molecule has 226 valence electrons. The molecule has 4 N–H and O–H groups in total. The van der Waals surface area contributed by atoms with Crippen molar-refractivity contribution >= 4 is 11.8 Å². The Bertz CT molecular complexity index is 1220. The molecule has 0 aromatic carbocycles. The Labute approximate surface area is 244 Å². The minimum absolute atomic E-state index is 0.0274. The molecule has 10 atom stereocenters. The molecule has 5 aliphatic rings. The zero-order valence-electron chi connectivity index (χ0n) is 25.8. The van der Waals surface area contributed by atoms with E-state index in [-0.39, 0.29) is 52.4 Å². The minimum atomic E-state index is -0.762. The fourth-order valence-electron chi connectivity index (χ4n) is 10.5. The molecular formula is C33H49N3O5. The summed E-state index contributed by atoms with van der Waals surface area (Å²) in [7, 11) is 1.44. The van der Waals surface area contributed by atoms with Crippen molar-refractivity contribution in [3.05, 3.63) is 23.3 Å². The topological polar surface area (TPSA) is 132 Å². The van der Waals surface area contributed by atoms with E-state index in [1.165, 1.54) is 12.7 Å². The Morgan fingerprint density at radius 2 is 1.73 bits per heavy atom. The van der Waals surface area contributed by atoms with Crippen molar-refractivity contribution in [2.45, 2.75) is 98.7 Å². The zero-order valence-corrected chi connectivity index (χ0v) is 25.8. The summed E-state index contributed by atoms with van der Waals surface area (Å²) in [4.78, 5) is 26.1. The zero-order chi connectivity index (χ0) is 30.2. The molecule has 3 fully saturated rings. The Morgan fingerprint density at radius 3 is 2.39 bits per heavy atom. The fourth-order valence-corrected chi connectivity index (χ4v) is 10.5. The maximum atomic E-state index is 14.0. The average Bonchev–Trinajstić information content (AvgIpc) is 2.90. The molecule has 0 spiro atoms. The molecule has 2 amide bonds. The highest BCUT2D eigenvalue weighted by atomic mass is 16.5. The lowest BCUT2D eigenvalue weighted by Gasteiger charge is -2.70. The van der Waals surface area contributed by atoms with Crippen LogP contribution < -0.4 is 10.9 Å². The lowest BCUT2D eigenvalue weighted by Crippen LogP contribution is -2.67. The molecule has 3 saturated carbocycles. The number of carbonyl (C=O) groups excluding carboxylic acids is 2. The number of fused-ring (bicyclic) bond motifs is 7. The monoisotopic (exact) mass is 567 g/mol. The van der Waals surface area contributed by atoms with E-state index in [0.717, 1.165) is 32.1 Å². The number of nitrogens with one attached hydrogen (secondary N) is 2. The molecule has 5 aliphatic carbocycles. The number of carbonyl (C=O) groups is 2. The third kappa shape index (κ3) is 4.24. The number of methoxy groups -OCH3 is 1. The lowest BCUT2D eigenvalue weighted by atomic mass is 9.34. The number of ether oxygens (including phenoxy) is 1. The third-order valence-electron chi connectivity index (χ3n) is 12.9. The van der Waals surface area contributed by atoms with Crippen molar-refractivity contribution in [1.82, 2.24) is 10.9 Å². The standard InChI is InChI=1S/C33H49N3O5/c1-19-21-8-9-31(5)24(30(21,4)15-20(17-34)27(19)39)14-23(37)26-22-16-29(2,3)10-12-33(22,13-11-32(26,31)6)28(40)36-35-25(38)18-41-7/h14-15,19,21-23,26-27,37,39H,8-13,16,18H2,1-7H3,(H,35,38)(H,36,40)/t19-,21-,22?,23?,26?,27?,30-,31+,32+,33-/m0/s1. The number of hydrazine groups is 1. The van der Waals surface area contributed by atoms with E-state index < -0.39 is 28.9 Å². The first kappa shape index (κ1) is 30.3. The highest BCUT2D eigenvalue weighted by Crippen LogP contribution is 2.74. The van der Waals surface area contributed by atoms with Crippen molar-refractivity contribution in [2.75, 3.05) is 13.7 Å². The van der Waals surface area contributed by atoms with E-state index in [2.05, 4.69) is 57.6 Å². The van der Waals surface area contributed by atoms with E-state index in [0.29, 0.717) is 18.4 Å². The molecule has 5 rings (SSSR count). The van der Waals surface area contributed by atoms with Crippen LogP contribution in [0.5, 0.6) is 0 Å². The highest BCUT2D eigenvalue weighted by molar-refractivity contribution is 5.86. The average molecular weight is 568 g/mol. The molecule has 8 heteroatoms. The normalized spacial score (nSPS) is 46.2. The van der Waals surface area contributed by atoms with Crippen molar-refractivity contribution in [1.29, 1.82) is 5.26 Å². The van der Waals surface area contributed by atoms with Gasteiger partial charge in [-0.2, -0.15) is 5.26 Å². The predicted octanol–water partition coefficient (Wildman–Crippen LogP) is 4.19. The molecular weight excluding hydrogens is 518 g/mol. The van der Waals surface area contributed by atoms with E-state index in [1.54, 1.807) is 0 Å². The number of allylic oxidation sites excluding steroid dienone is 2. The smallest absolute Gasteiger partial charge is 0.264 e. The summed E-state index contributed by atoms with van der Waals surface area (Å²) in [6.45, 7) is 13.3. The van der Waals surface area contributed by atoms with Gasteiger partial charge in [-0.15, -0.1) is 0 Å². The first-order chi connectivity index (χ1) is 19.1. The van der Waals surface area contributed by atoms with Gasteiger partial charge < -0.3 is 14.9 Å². The van der Waals surface area contributed by atoms with Gasteiger partial charge in [-0.1, -0.05) is 59.3 Å². The molecule has 0 bridgehead atoms. The Kier molecular flexibility index (Phi) is 7.32. The van der Waals surface area contributed by atoms with Gasteiger partial charge in [0.05, 0.1) is 29.3 Å². The number of hydrogen-bond acceptors (Lipinski definition) is 6. The van der Waals surface area contributed by atoms with E-state index in [1.807, 2.05) is 13.0 Å². The van der Waals surface area contributed by atoms with Gasteiger partial charge in [-0.3, -0.25) is 20.4 Å². The third-order valence-corrected chi connectivity index (χ3v) is 12.9. The maximum absolute atomic E-state index is 14.0. The fraction of sp³-hybridized carbons (Fsp3) is 0.788. The summed E-state index contributed by atoms with van der Waals surface area (Å²) in [6.07, 6.45) is 8.36. The first-order valence-corrected chi connectivity index (χ1v) is 15.4.